The number of hydrogen-bond donors (Lipinski definition) is 1. The predicted molar refractivity (Wildman–Crippen MR) is 66.4 cm³/mol. The van der Waals surface area contributed by atoms with E-state index in [1.54, 1.807) is 30.5 Å². The second-order valence-electron chi connectivity index (χ2n) is 3.83. The summed E-state index contributed by atoms with van der Waals surface area (Å²) in [6.07, 6.45) is 1.71. The molecule has 18 heavy (non-hydrogen) atoms. The maximum absolute atomic E-state index is 10.6. The second kappa shape index (κ2) is 5.82. The van der Waals surface area contributed by atoms with Gasteiger partial charge in [-0.05, 0) is 29.8 Å². The van der Waals surface area contributed by atoms with Gasteiger partial charge in [0.05, 0.1) is 12.1 Å². The van der Waals surface area contributed by atoms with E-state index in [1.165, 1.54) is 0 Å². The van der Waals surface area contributed by atoms with Gasteiger partial charge in [-0.15, -0.1) is 0 Å². The number of aliphatic carboxylic acids is 1. The van der Waals surface area contributed by atoms with Gasteiger partial charge < -0.3 is 9.84 Å². The molecule has 0 unspecified atom stereocenters. The van der Waals surface area contributed by atoms with Crippen LogP contribution in [-0.2, 0) is 17.8 Å². The van der Waals surface area contributed by atoms with Crippen LogP contribution in [0.2, 0.25) is 0 Å². The second-order valence-corrected chi connectivity index (χ2v) is 3.83. The largest absolute Gasteiger partial charge is 0.487 e. The van der Waals surface area contributed by atoms with Crippen molar-refractivity contribution in [3.05, 3.63) is 59.9 Å². The van der Waals surface area contributed by atoms with E-state index in [-0.39, 0.29) is 6.42 Å². The lowest BCUT2D eigenvalue weighted by Gasteiger charge is -2.06. The summed E-state index contributed by atoms with van der Waals surface area (Å²) in [5, 5.41) is 8.71. The summed E-state index contributed by atoms with van der Waals surface area (Å²) in [7, 11) is 0. The van der Waals surface area contributed by atoms with Crippen molar-refractivity contribution < 1.29 is 14.6 Å². The zero-order valence-electron chi connectivity index (χ0n) is 9.74. The molecule has 2 aromatic rings. The number of carboxylic acid groups (broad SMARTS) is 1. The highest BCUT2D eigenvalue weighted by atomic mass is 16.5. The summed E-state index contributed by atoms with van der Waals surface area (Å²) in [6, 6.07) is 12.7. The van der Waals surface area contributed by atoms with Crippen LogP contribution in [0.1, 0.15) is 11.3 Å². The number of aromatic nitrogens is 1. The molecule has 0 aliphatic rings. The van der Waals surface area contributed by atoms with Crippen LogP contribution in [0.5, 0.6) is 5.75 Å². The molecule has 0 saturated carbocycles. The SMILES string of the molecule is O=C(O)Cc1cccc(OCc2ccccn2)c1. The Morgan fingerprint density at radius 3 is 2.83 bits per heavy atom. The van der Waals surface area contributed by atoms with Crippen molar-refractivity contribution in [3.63, 3.8) is 0 Å². The number of pyridine rings is 1. The first-order valence-electron chi connectivity index (χ1n) is 5.57. The zero-order chi connectivity index (χ0) is 12.8. The lowest BCUT2D eigenvalue weighted by atomic mass is 10.1. The molecule has 1 heterocycles. The van der Waals surface area contributed by atoms with Crippen molar-refractivity contribution in [1.82, 2.24) is 4.98 Å². The monoisotopic (exact) mass is 243 g/mol. The first-order valence-corrected chi connectivity index (χ1v) is 5.57. The van der Waals surface area contributed by atoms with Crippen molar-refractivity contribution in [1.29, 1.82) is 0 Å². The molecule has 0 atom stereocenters. The summed E-state index contributed by atoms with van der Waals surface area (Å²) < 4.78 is 5.56. The topological polar surface area (TPSA) is 59.4 Å². The molecule has 0 radical (unpaired) electrons. The van der Waals surface area contributed by atoms with Crippen molar-refractivity contribution in [2.45, 2.75) is 13.0 Å². The van der Waals surface area contributed by atoms with Crippen LogP contribution in [0.4, 0.5) is 0 Å². The fourth-order valence-corrected chi connectivity index (χ4v) is 1.56. The first kappa shape index (κ1) is 12.1. The molecule has 0 aliphatic heterocycles. The molecule has 2 rings (SSSR count). The fourth-order valence-electron chi connectivity index (χ4n) is 1.56. The van der Waals surface area contributed by atoms with E-state index in [1.807, 2.05) is 18.2 Å². The third kappa shape index (κ3) is 3.59. The number of hydrogen-bond acceptors (Lipinski definition) is 3. The molecule has 1 N–H and O–H groups in total. The standard InChI is InChI=1S/C14H13NO3/c16-14(17)9-11-4-3-6-13(8-11)18-10-12-5-1-2-7-15-12/h1-8H,9-10H2,(H,16,17). The molecule has 1 aromatic carbocycles. The molecule has 92 valence electrons. The van der Waals surface area contributed by atoms with E-state index < -0.39 is 5.97 Å². The highest BCUT2D eigenvalue weighted by Crippen LogP contribution is 2.15. The number of carbonyl (C=O) groups is 1. The Morgan fingerprint density at radius 2 is 2.11 bits per heavy atom. The number of rotatable bonds is 5. The van der Waals surface area contributed by atoms with Gasteiger partial charge in [0.25, 0.3) is 0 Å². The summed E-state index contributed by atoms with van der Waals surface area (Å²) >= 11 is 0. The molecule has 0 saturated heterocycles. The van der Waals surface area contributed by atoms with E-state index in [4.69, 9.17) is 9.84 Å². The Balaban J connectivity index is 1.99. The zero-order valence-corrected chi connectivity index (χ0v) is 9.74. The number of benzene rings is 1. The van der Waals surface area contributed by atoms with E-state index in [2.05, 4.69) is 4.98 Å². The molecular weight excluding hydrogens is 230 g/mol. The van der Waals surface area contributed by atoms with Crippen LogP contribution in [-0.4, -0.2) is 16.1 Å². The fraction of sp³-hybridized carbons (Fsp3) is 0.143. The van der Waals surface area contributed by atoms with Gasteiger partial charge in [-0.1, -0.05) is 18.2 Å². The number of carboxylic acids is 1. The van der Waals surface area contributed by atoms with Crippen molar-refractivity contribution in [3.8, 4) is 5.75 Å². The van der Waals surface area contributed by atoms with Gasteiger partial charge in [-0.3, -0.25) is 9.78 Å². The average Bonchev–Trinajstić information content (AvgIpc) is 2.37. The van der Waals surface area contributed by atoms with Crippen molar-refractivity contribution in [2.24, 2.45) is 0 Å². The highest BCUT2D eigenvalue weighted by molar-refractivity contribution is 5.70. The predicted octanol–water partition coefficient (Wildman–Crippen LogP) is 2.29. The third-order valence-electron chi connectivity index (χ3n) is 2.37. The lowest BCUT2D eigenvalue weighted by Crippen LogP contribution is -2.01. The summed E-state index contributed by atoms with van der Waals surface area (Å²) in [5.74, 6) is -0.198. The molecule has 0 fully saturated rings. The summed E-state index contributed by atoms with van der Waals surface area (Å²) in [5.41, 5.74) is 1.56. The Morgan fingerprint density at radius 1 is 1.22 bits per heavy atom. The van der Waals surface area contributed by atoms with E-state index >= 15 is 0 Å². The number of ether oxygens (including phenoxy) is 1. The highest BCUT2D eigenvalue weighted by Gasteiger charge is 2.02. The van der Waals surface area contributed by atoms with Crippen LogP contribution >= 0.6 is 0 Å². The van der Waals surface area contributed by atoms with Crippen molar-refractivity contribution in [2.75, 3.05) is 0 Å². The smallest absolute Gasteiger partial charge is 0.307 e. The van der Waals surface area contributed by atoms with Crippen molar-refractivity contribution >= 4 is 5.97 Å². The van der Waals surface area contributed by atoms with Crippen LogP contribution in [0.25, 0.3) is 0 Å². The molecular formula is C14H13NO3. The third-order valence-corrected chi connectivity index (χ3v) is 2.37. The van der Waals surface area contributed by atoms with Crippen LogP contribution in [0, 0.1) is 0 Å². The van der Waals surface area contributed by atoms with Gasteiger partial charge in [0.2, 0.25) is 0 Å². The normalized spacial score (nSPS) is 10.0. The minimum absolute atomic E-state index is 0.000781. The van der Waals surface area contributed by atoms with Crippen LogP contribution in [0.15, 0.2) is 48.7 Å². The first-order chi connectivity index (χ1) is 8.74. The molecule has 4 heteroatoms. The van der Waals surface area contributed by atoms with Crippen LogP contribution < -0.4 is 4.74 Å². The maximum Gasteiger partial charge on any atom is 0.307 e. The minimum atomic E-state index is -0.850. The van der Waals surface area contributed by atoms with Gasteiger partial charge in [0.1, 0.15) is 12.4 Å². The molecule has 1 aromatic heterocycles. The van der Waals surface area contributed by atoms with Gasteiger partial charge in [-0.2, -0.15) is 0 Å². The number of nitrogens with zero attached hydrogens (tertiary/aromatic N) is 1. The molecule has 0 amide bonds. The summed E-state index contributed by atoms with van der Waals surface area (Å²) in [4.78, 5) is 14.8. The molecule has 0 spiro atoms. The van der Waals surface area contributed by atoms with Gasteiger partial charge >= 0.3 is 5.97 Å². The Kier molecular flexibility index (Phi) is 3.91. The van der Waals surface area contributed by atoms with E-state index in [9.17, 15) is 4.79 Å². The molecule has 4 nitrogen and oxygen atoms in total. The van der Waals surface area contributed by atoms with Gasteiger partial charge in [0, 0.05) is 6.20 Å². The summed E-state index contributed by atoms with van der Waals surface area (Å²) in [6.45, 7) is 0.372. The van der Waals surface area contributed by atoms with Crippen LogP contribution in [0.3, 0.4) is 0 Å². The average molecular weight is 243 g/mol. The Labute approximate surface area is 105 Å². The minimum Gasteiger partial charge on any atom is -0.487 e. The van der Waals surface area contributed by atoms with E-state index in [0.29, 0.717) is 12.4 Å². The molecule has 0 bridgehead atoms. The Bertz CT molecular complexity index is 526. The lowest BCUT2D eigenvalue weighted by molar-refractivity contribution is -0.136. The maximum atomic E-state index is 10.6. The van der Waals surface area contributed by atoms with Gasteiger partial charge in [-0.25, -0.2) is 0 Å². The van der Waals surface area contributed by atoms with Gasteiger partial charge in [0.15, 0.2) is 0 Å². The quantitative estimate of drug-likeness (QED) is 0.875. The Hall–Kier alpha value is -2.36. The molecule has 0 aliphatic carbocycles. The van der Waals surface area contributed by atoms with E-state index in [0.717, 1.165) is 11.3 Å².